The van der Waals surface area contributed by atoms with Gasteiger partial charge in [-0.25, -0.2) is 4.98 Å². The van der Waals surface area contributed by atoms with Gasteiger partial charge in [0.05, 0.1) is 6.33 Å². The maximum Gasteiger partial charge on any atom is 0.0946 e. The van der Waals surface area contributed by atoms with Gasteiger partial charge in [-0.3, -0.25) is 0 Å². The smallest absolute Gasteiger partial charge is 0.0946 e. The summed E-state index contributed by atoms with van der Waals surface area (Å²) in [6.45, 7) is 7.93. The third-order valence-electron chi connectivity index (χ3n) is 3.54. The van der Waals surface area contributed by atoms with E-state index in [-0.39, 0.29) is 0 Å². The molecule has 1 unspecified atom stereocenters. The molecule has 1 N–H and O–H groups in total. The molecule has 1 fully saturated rings. The number of hydrogen-bond donors (Lipinski definition) is 1. The summed E-state index contributed by atoms with van der Waals surface area (Å²) in [4.78, 5) is 4.11. The summed E-state index contributed by atoms with van der Waals surface area (Å²) in [7, 11) is 0. The summed E-state index contributed by atoms with van der Waals surface area (Å²) >= 11 is 0. The first kappa shape index (κ1) is 11.6. The van der Waals surface area contributed by atoms with Crippen molar-refractivity contribution in [3.05, 3.63) is 18.7 Å². The average Bonchev–Trinajstić information content (AvgIpc) is 2.59. The second-order valence-corrected chi connectivity index (χ2v) is 5.97. The molecule has 1 aromatic rings. The van der Waals surface area contributed by atoms with Crippen LogP contribution >= 0.6 is 0 Å². The molecule has 0 aliphatic heterocycles. The summed E-state index contributed by atoms with van der Waals surface area (Å²) in [5.74, 6) is 0. The Bertz CT molecular complexity index is 306. The third kappa shape index (κ3) is 2.85. The van der Waals surface area contributed by atoms with Gasteiger partial charge in [-0.1, -0.05) is 27.2 Å². The van der Waals surface area contributed by atoms with Crippen LogP contribution in [0.25, 0.3) is 0 Å². The van der Waals surface area contributed by atoms with Gasteiger partial charge in [0, 0.05) is 31.0 Å². The molecule has 1 aliphatic carbocycles. The van der Waals surface area contributed by atoms with E-state index in [1.807, 2.05) is 18.7 Å². The molecular formula is C13H23N3. The monoisotopic (exact) mass is 221 g/mol. The fourth-order valence-electron chi connectivity index (χ4n) is 2.04. The number of hydrogen-bond acceptors (Lipinski definition) is 2. The van der Waals surface area contributed by atoms with Crippen LogP contribution in [0.3, 0.4) is 0 Å². The normalized spacial score (nSPS) is 19.4. The first-order chi connectivity index (χ1) is 7.55. The van der Waals surface area contributed by atoms with E-state index in [0.717, 1.165) is 12.6 Å². The highest BCUT2D eigenvalue weighted by Crippen LogP contribution is 2.25. The summed E-state index contributed by atoms with van der Waals surface area (Å²) in [6, 6.07) is 1.26. The Kier molecular flexibility index (Phi) is 3.33. The standard InChI is InChI=1S/C13H23N3/c1-13(2,3)12(15-11-5-4-6-11)9-16-8-7-14-10-16/h7-8,10-12,15H,4-6,9H2,1-3H3. The van der Waals surface area contributed by atoms with Gasteiger partial charge in [0.15, 0.2) is 0 Å². The highest BCUT2D eigenvalue weighted by molar-refractivity contribution is 4.89. The molecule has 1 aliphatic rings. The van der Waals surface area contributed by atoms with E-state index in [4.69, 9.17) is 0 Å². The third-order valence-corrected chi connectivity index (χ3v) is 3.54. The minimum atomic E-state index is 0.292. The Labute approximate surface area is 98.3 Å². The number of nitrogens with one attached hydrogen (secondary N) is 1. The fraction of sp³-hybridized carbons (Fsp3) is 0.769. The zero-order valence-corrected chi connectivity index (χ0v) is 10.6. The second kappa shape index (κ2) is 4.58. The van der Waals surface area contributed by atoms with Crippen LogP contribution in [0.15, 0.2) is 18.7 Å². The molecule has 3 nitrogen and oxygen atoms in total. The SMILES string of the molecule is CC(C)(C)C(Cn1ccnc1)NC1CCC1. The Morgan fingerprint density at radius 2 is 2.19 bits per heavy atom. The molecule has 1 aromatic heterocycles. The van der Waals surface area contributed by atoms with Crippen LogP contribution in [-0.2, 0) is 6.54 Å². The average molecular weight is 221 g/mol. The van der Waals surface area contributed by atoms with E-state index in [1.54, 1.807) is 0 Å². The van der Waals surface area contributed by atoms with Crippen LogP contribution < -0.4 is 5.32 Å². The number of rotatable bonds is 4. The minimum Gasteiger partial charge on any atom is -0.336 e. The lowest BCUT2D eigenvalue weighted by molar-refractivity contribution is 0.189. The number of aromatic nitrogens is 2. The van der Waals surface area contributed by atoms with Crippen molar-refractivity contribution in [1.82, 2.24) is 14.9 Å². The lowest BCUT2D eigenvalue weighted by Crippen LogP contribution is -2.50. The summed E-state index contributed by atoms with van der Waals surface area (Å²) in [5.41, 5.74) is 0.292. The molecule has 0 radical (unpaired) electrons. The molecule has 1 atom stereocenters. The molecule has 0 aromatic carbocycles. The van der Waals surface area contributed by atoms with Crippen molar-refractivity contribution >= 4 is 0 Å². The fourth-order valence-corrected chi connectivity index (χ4v) is 2.04. The van der Waals surface area contributed by atoms with Gasteiger partial charge in [0.25, 0.3) is 0 Å². The molecule has 3 heteroatoms. The van der Waals surface area contributed by atoms with Crippen LogP contribution in [-0.4, -0.2) is 21.6 Å². The lowest BCUT2D eigenvalue weighted by Gasteiger charge is -2.38. The Morgan fingerprint density at radius 3 is 2.62 bits per heavy atom. The molecule has 0 amide bonds. The van der Waals surface area contributed by atoms with E-state index >= 15 is 0 Å². The van der Waals surface area contributed by atoms with Crippen molar-refractivity contribution in [3.63, 3.8) is 0 Å². The van der Waals surface area contributed by atoms with Crippen molar-refractivity contribution < 1.29 is 0 Å². The zero-order valence-electron chi connectivity index (χ0n) is 10.6. The van der Waals surface area contributed by atoms with Crippen molar-refractivity contribution in [1.29, 1.82) is 0 Å². The predicted octanol–water partition coefficient (Wildman–Crippen LogP) is 2.44. The quantitative estimate of drug-likeness (QED) is 0.846. The van der Waals surface area contributed by atoms with E-state index in [1.165, 1.54) is 19.3 Å². The zero-order chi connectivity index (χ0) is 11.6. The molecule has 0 spiro atoms. The van der Waals surface area contributed by atoms with Crippen LogP contribution in [0.5, 0.6) is 0 Å². The van der Waals surface area contributed by atoms with E-state index in [2.05, 4.69) is 35.6 Å². The molecule has 0 bridgehead atoms. The van der Waals surface area contributed by atoms with Gasteiger partial charge < -0.3 is 9.88 Å². The Morgan fingerprint density at radius 1 is 1.44 bits per heavy atom. The molecule has 1 heterocycles. The summed E-state index contributed by atoms with van der Waals surface area (Å²) in [6.07, 6.45) is 9.87. The van der Waals surface area contributed by atoms with Gasteiger partial charge in [-0.15, -0.1) is 0 Å². The van der Waals surface area contributed by atoms with E-state index < -0.39 is 0 Å². The molecule has 0 saturated heterocycles. The van der Waals surface area contributed by atoms with Crippen LogP contribution in [0.2, 0.25) is 0 Å². The Hall–Kier alpha value is -0.830. The summed E-state index contributed by atoms with van der Waals surface area (Å²) in [5, 5.41) is 3.78. The predicted molar refractivity (Wildman–Crippen MR) is 66.2 cm³/mol. The van der Waals surface area contributed by atoms with E-state index in [9.17, 15) is 0 Å². The molecule has 2 rings (SSSR count). The number of nitrogens with zero attached hydrogens (tertiary/aromatic N) is 2. The van der Waals surface area contributed by atoms with Crippen molar-refractivity contribution in [3.8, 4) is 0 Å². The van der Waals surface area contributed by atoms with Gasteiger partial charge >= 0.3 is 0 Å². The van der Waals surface area contributed by atoms with E-state index in [0.29, 0.717) is 11.5 Å². The van der Waals surface area contributed by atoms with Crippen molar-refractivity contribution in [2.75, 3.05) is 0 Å². The minimum absolute atomic E-state index is 0.292. The molecule has 16 heavy (non-hydrogen) atoms. The van der Waals surface area contributed by atoms with Crippen molar-refractivity contribution in [2.24, 2.45) is 5.41 Å². The highest BCUT2D eigenvalue weighted by Gasteiger charge is 2.29. The van der Waals surface area contributed by atoms with Gasteiger partial charge in [0.1, 0.15) is 0 Å². The molecule has 1 saturated carbocycles. The second-order valence-electron chi connectivity index (χ2n) is 5.97. The van der Waals surface area contributed by atoms with Crippen LogP contribution in [0.1, 0.15) is 40.0 Å². The lowest BCUT2D eigenvalue weighted by atomic mass is 9.83. The molecule has 90 valence electrons. The van der Waals surface area contributed by atoms with Crippen LogP contribution in [0.4, 0.5) is 0 Å². The van der Waals surface area contributed by atoms with Crippen molar-refractivity contribution in [2.45, 2.75) is 58.7 Å². The van der Waals surface area contributed by atoms with Gasteiger partial charge in [-0.05, 0) is 18.3 Å². The maximum atomic E-state index is 4.11. The highest BCUT2D eigenvalue weighted by atomic mass is 15.1. The largest absolute Gasteiger partial charge is 0.336 e. The first-order valence-electron chi connectivity index (χ1n) is 6.27. The topological polar surface area (TPSA) is 29.9 Å². The molecular weight excluding hydrogens is 198 g/mol. The van der Waals surface area contributed by atoms with Gasteiger partial charge in [-0.2, -0.15) is 0 Å². The Balaban J connectivity index is 1.96. The maximum absolute atomic E-state index is 4.11. The number of imidazole rings is 1. The first-order valence-corrected chi connectivity index (χ1v) is 6.27. The summed E-state index contributed by atoms with van der Waals surface area (Å²) < 4.78 is 2.17. The van der Waals surface area contributed by atoms with Gasteiger partial charge in [0.2, 0.25) is 0 Å². The van der Waals surface area contributed by atoms with Crippen LogP contribution in [0, 0.1) is 5.41 Å².